The van der Waals surface area contributed by atoms with Crippen LogP contribution < -0.4 is 18.9 Å². The van der Waals surface area contributed by atoms with Gasteiger partial charge in [-0.2, -0.15) is 0 Å². The summed E-state index contributed by atoms with van der Waals surface area (Å²) in [5.41, 5.74) is 3.43. The molecule has 0 N–H and O–H groups in total. The predicted octanol–water partition coefficient (Wildman–Crippen LogP) is 9.17. The van der Waals surface area contributed by atoms with Gasteiger partial charge >= 0.3 is 36.2 Å². The molecule has 0 fully saturated rings. The van der Waals surface area contributed by atoms with Crippen molar-refractivity contribution in [2.45, 2.75) is 71.4 Å². The molecule has 306 valence electrons. The van der Waals surface area contributed by atoms with Crippen molar-refractivity contribution in [1.82, 2.24) is 0 Å². The summed E-state index contributed by atoms with van der Waals surface area (Å²) in [6.45, 7) is 14.3. The van der Waals surface area contributed by atoms with Crippen LogP contribution in [0.4, 0.5) is 9.59 Å². The third-order valence-corrected chi connectivity index (χ3v) is 8.96. The summed E-state index contributed by atoms with van der Waals surface area (Å²) in [7, 11) is 0. The Labute approximate surface area is 340 Å². The van der Waals surface area contributed by atoms with Gasteiger partial charge in [-0.05, 0) is 108 Å². The van der Waals surface area contributed by atoms with Crippen molar-refractivity contribution in [1.29, 1.82) is 0 Å². The molecule has 5 rings (SSSR count). The topological polar surface area (TPSA) is 176 Å². The molecule has 0 saturated heterocycles. The maximum absolute atomic E-state index is 13.1. The van der Waals surface area contributed by atoms with Gasteiger partial charge < -0.3 is 37.9 Å². The average molecular weight is 807 g/mol. The Morgan fingerprint density at radius 2 is 0.881 bits per heavy atom. The van der Waals surface area contributed by atoms with E-state index in [1.165, 1.54) is 48.5 Å². The summed E-state index contributed by atoms with van der Waals surface area (Å²) in [6.07, 6.45) is -0.851. The van der Waals surface area contributed by atoms with Crippen LogP contribution in [0.5, 0.6) is 23.0 Å². The normalized spacial score (nSPS) is 12.9. The Morgan fingerprint density at radius 3 is 1.22 bits per heavy atom. The van der Waals surface area contributed by atoms with E-state index >= 15 is 0 Å². The standard InChI is InChI=1S/C45H42O14/c1-7-11-39(56-37(46)9-3)58-43(50)54-29-17-13-27(14-18-29)41(48)52-31-21-23-33-34-24-22-32(26-36(34)45(5,6)35(33)25-31)53-42(49)28-15-19-30(20-16-28)55-44(51)59-40(12-8-2)57-38(47)10-4/h9-10,13-26,39-40H,3-4,7-8,11-12H2,1-2,5-6H3. The minimum atomic E-state index is -1.14. The quantitative estimate of drug-likeness (QED) is 0.0344. The number of carbonyl (C=O) groups excluding carboxylic acids is 6. The molecule has 0 bridgehead atoms. The minimum absolute atomic E-state index is 0.0917. The first kappa shape index (κ1) is 42.9. The van der Waals surface area contributed by atoms with Crippen LogP contribution in [-0.4, -0.2) is 48.8 Å². The number of esters is 4. The molecular formula is C45H42O14. The van der Waals surface area contributed by atoms with Crippen LogP contribution in [0.3, 0.4) is 0 Å². The van der Waals surface area contributed by atoms with Crippen molar-refractivity contribution in [3.8, 4) is 34.1 Å². The van der Waals surface area contributed by atoms with E-state index in [4.69, 9.17) is 37.9 Å². The molecule has 0 aromatic heterocycles. The summed E-state index contributed by atoms with van der Waals surface area (Å²) in [5, 5.41) is 0. The SMILES string of the molecule is C=CC(=O)OC(CCC)OC(=O)Oc1ccc(C(=O)Oc2ccc3c(c2)C(C)(C)c2cc(OC(=O)c4ccc(OC(=O)OC(CCC)OC(=O)C=C)cc4)ccc2-3)cc1. The first-order valence-corrected chi connectivity index (χ1v) is 18.6. The molecule has 0 amide bonds. The van der Waals surface area contributed by atoms with Gasteiger partial charge in [0.25, 0.3) is 12.6 Å². The van der Waals surface area contributed by atoms with Crippen LogP contribution in [0.25, 0.3) is 11.1 Å². The van der Waals surface area contributed by atoms with E-state index in [9.17, 15) is 28.8 Å². The van der Waals surface area contributed by atoms with Gasteiger partial charge in [0.15, 0.2) is 0 Å². The number of ether oxygens (including phenoxy) is 8. The Hall–Kier alpha value is -7.22. The van der Waals surface area contributed by atoms with E-state index in [0.717, 1.165) is 34.4 Å². The summed E-state index contributed by atoms with van der Waals surface area (Å²) in [4.78, 5) is 73.8. The third-order valence-electron chi connectivity index (χ3n) is 8.96. The molecule has 14 heteroatoms. The van der Waals surface area contributed by atoms with Gasteiger partial charge in [0.1, 0.15) is 23.0 Å². The third kappa shape index (κ3) is 11.0. The van der Waals surface area contributed by atoms with Crippen LogP contribution in [-0.2, 0) is 34.0 Å². The lowest BCUT2D eigenvalue weighted by atomic mass is 9.82. The average Bonchev–Trinajstić information content (AvgIpc) is 3.42. The van der Waals surface area contributed by atoms with Gasteiger partial charge in [-0.25, -0.2) is 28.8 Å². The summed E-state index contributed by atoms with van der Waals surface area (Å²) in [6, 6.07) is 22.0. The van der Waals surface area contributed by atoms with E-state index in [1.54, 1.807) is 24.3 Å². The van der Waals surface area contributed by atoms with Gasteiger partial charge in [0.05, 0.1) is 11.1 Å². The molecule has 2 atom stereocenters. The van der Waals surface area contributed by atoms with Gasteiger partial charge in [-0.1, -0.05) is 53.0 Å². The van der Waals surface area contributed by atoms with E-state index in [-0.39, 0.29) is 35.5 Å². The molecule has 0 spiro atoms. The van der Waals surface area contributed by atoms with Crippen LogP contribution in [0.15, 0.2) is 110 Å². The second kappa shape index (κ2) is 19.3. The molecule has 0 aliphatic heterocycles. The van der Waals surface area contributed by atoms with Gasteiger partial charge in [0.2, 0.25) is 0 Å². The zero-order valence-corrected chi connectivity index (χ0v) is 32.9. The molecule has 4 aromatic carbocycles. The maximum atomic E-state index is 13.1. The van der Waals surface area contributed by atoms with Gasteiger partial charge in [0, 0.05) is 30.4 Å². The molecule has 0 saturated carbocycles. The molecule has 59 heavy (non-hydrogen) atoms. The highest BCUT2D eigenvalue weighted by molar-refractivity contribution is 5.93. The Kier molecular flexibility index (Phi) is 14.0. The number of carbonyl (C=O) groups is 6. The molecule has 4 aromatic rings. The summed E-state index contributed by atoms with van der Waals surface area (Å²) >= 11 is 0. The smallest absolute Gasteiger partial charge is 0.423 e. The van der Waals surface area contributed by atoms with E-state index in [1.807, 2.05) is 39.8 Å². The monoisotopic (exact) mass is 806 g/mol. The van der Waals surface area contributed by atoms with Crippen LogP contribution >= 0.6 is 0 Å². The van der Waals surface area contributed by atoms with Crippen molar-refractivity contribution >= 4 is 36.2 Å². The first-order chi connectivity index (χ1) is 28.2. The highest BCUT2D eigenvalue weighted by Crippen LogP contribution is 2.50. The van der Waals surface area contributed by atoms with E-state index in [2.05, 4.69) is 13.2 Å². The lowest BCUT2D eigenvalue weighted by Crippen LogP contribution is -2.25. The second-order valence-electron chi connectivity index (χ2n) is 13.5. The van der Waals surface area contributed by atoms with Crippen LogP contribution in [0, 0.1) is 0 Å². The van der Waals surface area contributed by atoms with E-state index in [0.29, 0.717) is 24.3 Å². The highest BCUT2D eigenvalue weighted by Gasteiger charge is 2.36. The van der Waals surface area contributed by atoms with Gasteiger partial charge in [-0.15, -0.1) is 0 Å². The number of hydrogen-bond donors (Lipinski definition) is 0. The number of benzene rings is 4. The van der Waals surface area contributed by atoms with Crippen molar-refractivity contribution < 1.29 is 66.7 Å². The van der Waals surface area contributed by atoms with Crippen molar-refractivity contribution in [3.63, 3.8) is 0 Å². The number of fused-ring (bicyclic) bond motifs is 3. The van der Waals surface area contributed by atoms with Crippen LogP contribution in [0.2, 0.25) is 0 Å². The summed E-state index contributed by atoms with van der Waals surface area (Å²) in [5.74, 6) is -1.98. The predicted molar refractivity (Wildman–Crippen MR) is 211 cm³/mol. The fourth-order valence-corrected chi connectivity index (χ4v) is 6.04. The lowest BCUT2D eigenvalue weighted by Gasteiger charge is -2.22. The van der Waals surface area contributed by atoms with Crippen molar-refractivity contribution in [3.05, 3.63) is 132 Å². The lowest BCUT2D eigenvalue weighted by molar-refractivity contribution is -0.166. The highest BCUT2D eigenvalue weighted by atomic mass is 16.8. The molecule has 0 radical (unpaired) electrons. The fourth-order valence-electron chi connectivity index (χ4n) is 6.04. The molecule has 1 aliphatic carbocycles. The Morgan fingerprint density at radius 1 is 0.525 bits per heavy atom. The fraction of sp³-hybridized carbons (Fsp3) is 0.244. The Bertz CT molecular complexity index is 2080. The van der Waals surface area contributed by atoms with Crippen LogP contribution in [0.1, 0.15) is 85.2 Å². The maximum Gasteiger partial charge on any atom is 0.516 e. The molecule has 0 heterocycles. The summed E-state index contributed by atoms with van der Waals surface area (Å²) < 4.78 is 41.9. The zero-order chi connectivity index (χ0) is 42.7. The molecule has 2 unspecified atom stereocenters. The largest absolute Gasteiger partial charge is 0.516 e. The molecular weight excluding hydrogens is 764 g/mol. The number of rotatable bonds is 16. The van der Waals surface area contributed by atoms with Crippen molar-refractivity contribution in [2.75, 3.05) is 0 Å². The zero-order valence-electron chi connectivity index (χ0n) is 32.9. The van der Waals surface area contributed by atoms with E-state index < -0.39 is 54.2 Å². The molecule has 14 nitrogen and oxygen atoms in total. The minimum Gasteiger partial charge on any atom is -0.423 e. The first-order valence-electron chi connectivity index (χ1n) is 18.6. The second-order valence-corrected chi connectivity index (χ2v) is 13.5. The van der Waals surface area contributed by atoms with Gasteiger partial charge in [-0.3, -0.25) is 0 Å². The number of hydrogen-bond acceptors (Lipinski definition) is 14. The molecule has 1 aliphatic rings. The Balaban J connectivity index is 1.18. The van der Waals surface area contributed by atoms with Crippen molar-refractivity contribution in [2.24, 2.45) is 0 Å².